The summed E-state index contributed by atoms with van der Waals surface area (Å²) >= 11 is 0. The molecule has 182 valence electrons. The predicted molar refractivity (Wildman–Crippen MR) is 139 cm³/mol. The fraction of sp³-hybridized carbons (Fsp3) is 0.379. The second-order valence-corrected chi connectivity index (χ2v) is 10.8. The van der Waals surface area contributed by atoms with Crippen molar-refractivity contribution in [3.63, 3.8) is 0 Å². The van der Waals surface area contributed by atoms with Crippen LogP contribution >= 0.6 is 0 Å². The topological polar surface area (TPSA) is 63.6 Å². The van der Waals surface area contributed by atoms with Crippen molar-refractivity contribution in [2.24, 2.45) is 0 Å². The summed E-state index contributed by atoms with van der Waals surface area (Å²) in [6.07, 6.45) is 3.54. The zero-order chi connectivity index (χ0) is 24.4. The fourth-order valence-corrected chi connectivity index (χ4v) is 4.91. The monoisotopic (exact) mass is 480 g/mol. The molecule has 0 aliphatic heterocycles. The molecule has 3 unspecified atom stereocenters. The van der Waals surface area contributed by atoms with Gasteiger partial charge in [0.25, 0.3) is 10.1 Å². The zero-order valence-corrected chi connectivity index (χ0v) is 21.0. The van der Waals surface area contributed by atoms with Crippen LogP contribution in [0, 0.1) is 0 Å². The quantitative estimate of drug-likeness (QED) is 0.207. The molecule has 0 radical (unpaired) electrons. The molecule has 1 N–H and O–H groups in total. The summed E-state index contributed by atoms with van der Waals surface area (Å²) in [6.45, 7) is 4.86. The molecule has 0 spiro atoms. The number of hydrogen-bond donors (Lipinski definition) is 1. The third-order valence-electron chi connectivity index (χ3n) is 6.49. The van der Waals surface area contributed by atoms with E-state index in [9.17, 15) is 8.42 Å². The van der Waals surface area contributed by atoms with E-state index in [-0.39, 0.29) is 18.8 Å². The van der Waals surface area contributed by atoms with Gasteiger partial charge in [0, 0.05) is 0 Å². The van der Waals surface area contributed by atoms with Gasteiger partial charge in [0.2, 0.25) is 0 Å². The van der Waals surface area contributed by atoms with Crippen molar-refractivity contribution in [2.45, 2.75) is 57.3 Å². The van der Waals surface area contributed by atoms with Crippen LogP contribution in [-0.4, -0.2) is 25.3 Å². The summed E-state index contributed by atoms with van der Waals surface area (Å²) in [7, 11) is -3.94. The van der Waals surface area contributed by atoms with Crippen molar-refractivity contribution >= 4 is 10.1 Å². The first kappa shape index (κ1) is 26.0. The number of rotatable bonds is 13. The summed E-state index contributed by atoms with van der Waals surface area (Å²) in [6, 6.07) is 29.6. The third kappa shape index (κ3) is 8.62. The molecule has 0 bridgehead atoms. The van der Waals surface area contributed by atoms with E-state index >= 15 is 0 Å². The smallest absolute Gasteiger partial charge is 0.264 e. The molecule has 0 aromatic heterocycles. The van der Waals surface area contributed by atoms with Gasteiger partial charge in [-0.3, -0.25) is 4.55 Å². The Balaban J connectivity index is 1.66. The molecule has 3 atom stereocenters. The molecule has 4 nitrogen and oxygen atoms in total. The van der Waals surface area contributed by atoms with Crippen LogP contribution in [0.1, 0.15) is 74.0 Å². The molecule has 0 saturated heterocycles. The highest BCUT2D eigenvalue weighted by atomic mass is 32.2. The second kappa shape index (κ2) is 12.7. The van der Waals surface area contributed by atoms with Gasteiger partial charge in [-0.25, -0.2) is 0 Å². The lowest BCUT2D eigenvalue weighted by Gasteiger charge is -2.24. The van der Waals surface area contributed by atoms with Gasteiger partial charge in [-0.15, -0.1) is 0 Å². The number of ether oxygens (including phenoxy) is 1. The highest BCUT2D eigenvalue weighted by Crippen LogP contribution is 2.36. The molecule has 3 aromatic rings. The normalized spacial score (nSPS) is 14.3. The molecule has 34 heavy (non-hydrogen) atoms. The van der Waals surface area contributed by atoms with Crippen LogP contribution in [0.3, 0.4) is 0 Å². The van der Waals surface area contributed by atoms with Gasteiger partial charge < -0.3 is 4.74 Å². The minimum Gasteiger partial charge on any atom is -0.494 e. The first-order valence-corrected chi connectivity index (χ1v) is 13.7. The molecule has 0 aliphatic carbocycles. The van der Waals surface area contributed by atoms with E-state index in [4.69, 9.17) is 9.29 Å². The van der Waals surface area contributed by atoms with Crippen LogP contribution in [0.5, 0.6) is 5.75 Å². The Morgan fingerprint density at radius 3 is 1.85 bits per heavy atom. The Morgan fingerprint density at radius 1 is 0.735 bits per heavy atom. The zero-order valence-electron chi connectivity index (χ0n) is 20.1. The highest BCUT2D eigenvalue weighted by molar-refractivity contribution is 7.85. The standard InChI is InChI=1S/C29H36O4S/c1-23(25-10-5-3-6-11-25)14-15-28(22-24(2)26-12-7-4-8-13-26)27-16-18-29(19-17-27)33-20-9-21-34(30,31)32/h3-8,10-13,16-19,23-24,28H,9,14-15,20-22H2,1-2H3,(H,30,31,32). The van der Waals surface area contributed by atoms with Crippen molar-refractivity contribution in [2.75, 3.05) is 12.4 Å². The maximum Gasteiger partial charge on any atom is 0.264 e. The summed E-state index contributed by atoms with van der Waals surface area (Å²) in [5.74, 6) is 1.81. The Morgan fingerprint density at radius 2 is 1.29 bits per heavy atom. The van der Waals surface area contributed by atoms with Crippen LogP contribution in [0.2, 0.25) is 0 Å². The van der Waals surface area contributed by atoms with Gasteiger partial charge in [-0.2, -0.15) is 8.42 Å². The molecule has 0 saturated carbocycles. The van der Waals surface area contributed by atoms with Crippen LogP contribution in [0.4, 0.5) is 0 Å². The van der Waals surface area contributed by atoms with Crippen molar-refractivity contribution in [1.29, 1.82) is 0 Å². The van der Waals surface area contributed by atoms with Gasteiger partial charge in [-0.1, -0.05) is 86.6 Å². The van der Waals surface area contributed by atoms with E-state index in [1.165, 1.54) is 16.7 Å². The summed E-state index contributed by atoms with van der Waals surface area (Å²) in [5.41, 5.74) is 4.04. The van der Waals surface area contributed by atoms with Crippen molar-refractivity contribution < 1.29 is 17.7 Å². The first-order valence-electron chi connectivity index (χ1n) is 12.1. The predicted octanol–water partition coefficient (Wildman–Crippen LogP) is 7.20. The highest BCUT2D eigenvalue weighted by Gasteiger charge is 2.18. The fourth-order valence-electron chi connectivity index (χ4n) is 4.43. The van der Waals surface area contributed by atoms with Crippen molar-refractivity contribution in [3.8, 4) is 5.75 Å². The molecule has 0 amide bonds. The maximum absolute atomic E-state index is 10.9. The van der Waals surface area contributed by atoms with Gasteiger partial charge in [0.05, 0.1) is 12.4 Å². The summed E-state index contributed by atoms with van der Waals surface area (Å²) in [5, 5.41) is 0. The van der Waals surface area contributed by atoms with Crippen LogP contribution in [-0.2, 0) is 10.1 Å². The molecule has 0 aliphatic rings. The second-order valence-electron chi connectivity index (χ2n) is 9.19. The van der Waals surface area contributed by atoms with Gasteiger partial charge in [0.15, 0.2) is 0 Å². The van der Waals surface area contributed by atoms with Crippen LogP contribution in [0.15, 0.2) is 84.9 Å². The van der Waals surface area contributed by atoms with Crippen molar-refractivity contribution in [3.05, 3.63) is 102 Å². The Hall–Kier alpha value is -2.63. The van der Waals surface area contributed by atoms with Gasteiger partial charge in [0.1, 0.15) is 5.75 Å². The SMILES string of the molecule is CC(CCC(CC(C)c1ccccc1)c1ccc(OCCCS(=O)(=O)O)cc1)c1ccccc1. The Labute approximate surface area is 204 Å². The number of hydrogen-bond acceptors (Lipinski definition) is 3. The minimum absolute atomic E-state index is 0.252. The van der Waals surface area contributed by atoms with Crippen molar-refractivity contribution in [1.82, 2.24) is 0 Å². The Kier molecular flexibility index (Phi) is 9.73. The lowest BCUT2D eigenvalue weighted by molar-refractivity contribution is 0.316. The first-order chi connectivity index (χ1) is 16.3. The molecular formula is C29H36O4S. The third-order valence-corrected chi connectivity index (χ3v) is 7.29. The van der Waals surface area contributed by atoms with E-state index in [0.29, 0.717) is 23.5 Å². The van der Waals surface area contributed by atoms with E-state index in [2.05, 4.69) is 86.6 Å². The average Bonchev–Trinajstić information content (AvgIpc) is 2.85. The maximum atomic E-state index is 10.9. The van der Waals surface area contributed by atoms with E-state index in [1.54, 1.807) is 0 Å². The molecule has 3 rings (SSSR count). The van der Waals surface area contributed by atoms with Crippen LogP contribution in [0.25, 0.3) is 0 Å². The molecular weight excluding hydrogens is 444 g/mol. The largest absolute Gasteiger partial charge is 0.494 e. The minimum atomic E-state index is -3.94. The molecule has 0 heterocycles. The van der Waals surface area contributed by atoms with Gasteiger partial charge >= 0.3 is 0 Å². The van der Waals surface area contributed by atoms with E-state index < -0.39 is 10.1 Å². The lowest BCUT2D eigenvalue weighted by atomic mass is 9.81. The summed E-state index contributed by atoms with van der Waals surface area (Å²) in [4.78, 5) is 0. The Bertz CT molecular complexity index is 1080. The molecule has 0 fully saturated rings. The average molecular weight is 481 g/mol. The van der Waals surface area contributed by atoms with Gasteiger partial charge in [-0.05, 0) is 72.3 Å². The lowest BCUT2D eigenvalue weighted by Crippen LogP contribution is -2.09. The molecule has 3 aromatic carbocycles. The summed E-state index contributed by atoms with van der Waals surface area (Å²) < 4.78 is 36.2. The van der Waals surface area contributed by atoms with E-state index in [0.717, 1.165) is 19.3 Å². The van der Waals surface area contributed by atoms with E-state index in [1.807, 2.05) is 12.1 Å². The van der Waals surface area contributed by atoms with Crippen LogP contribution < -0.4 is 4.74 Å². The number of benzene rings is 3. The molecule has 5 heteroatoms.